The van der Waals surface area contributed by atoms with Crippen molar-refractivity contribution in [3.8, 4) is 17.2 Å². The molecule has 0 aliphatic heterocycles. The third-order valence-corrected chi connectivity index (χ3v) is 4.16. The van der Waals surface area contributed by atoms with Gasteiger partial charge in [0.1, 0.15) is 17.2 Å². The highest BCUT2D eigenvalue weighted by atomic mass is 79.9. The molecule has 0 aliphatic carbocycles. The van der Waals surface area contributed by atoms with Crippen molar-refractivity contribution in [1.29, 1.82) is 0 Å². The normalized spacial score (nSPS) is 10.9. The number of rotatable bonds is 4. The van der Waals surface area contributed by atoms with Crippen LogP contribution in [0.4, 0.5) is 0 Å². The summed E-state index contributed by atoms with van der Waals surface area (Å²) >= 11 is 6.63. The largest absolute Gasteiger partial charge is 0.506 e. The zero-order valence-electron chi connectivity index (χ0n) is 11.6. The smallest absolute Gasteiger partial charge is 0.143 e. The van der Waals surface area contributed by atoms with Crippen LogP contribution < -0.4 is 9.47 Å². The number of phenolic OH excluding ortho intramolecular Hbond substituents is 1. The van der Waals surface area contributed by atoms with Gasteiger partial charge >= 0.3 is 0 Å². The van der Waals surface area contributed by atoms with Crippen molar-refractivity contribution in [2.75, 3.05) is 14.2 Å². The monoisotopic (exact) mass is 412 g/mol. The minimum Gasteiger partial charge on any atom is -0.506 e. The van der Waals surface area contributed by atoms with E-state index >= 15 is 0 Å². The first-order valence-corrected chi connectivity index (χ1v) is 7.72. The third-order valence-electron chi connectivity index (χ3n) is 2.95. The highest BCUT2D eigenvalue weighted by Crippen LogP contribution is 2.35. The lowest BCUT2D eigenvalue weighted by molar-refractivity contribution is 0.392. The minimum absolute atomic E-state index is 0.182. The molecule has 0 amide bonds. The molecule has 0 fully saturated rings. The summed E-state index contributed by atoms with van der Waals surface area (Å²) in [5, 5.41) is 9.72. The molecule has 0 spiro atoms. The molecular weight excluding hydrogens is 400 g/mol. The average Bonchev–Trinajstić information content (AvgIpc) is 2.49. The molecule has 3 nitrogen and oxygen atoms in total. The van der Waals surface area contributed by atoms with Gasteiger partial charge in [-0.05, 0) is 67.8 Å². The SMILES string of the molecule is COc1cccc(OC)c1/C=C/c1cc(Br)c(O)c(Br)c1. The molecule has 0 saturated carbocycles. The predicted octanol–water partition coefficient (Wildman–Crippen LogP) is 5.10. The van der Waals surface area contributed by atoms with Crippen molar-refractivity contribution in [2.24, 2.45) is 0 Å². The number of hydrogen-bond acceptors (Lipinski definition) is 3. The second-order valence-corrected chi connectivity index (χ2v) is 5.95. The van der Waals surface area contributed by atoms with Crippen molar-refractivity contribution in [3.05, 3.63) is 50.4 Å². The highest BCUT2D eigenvalue weighted by molar-refractivity contribution is 9.11. The van der Waals surface area contributed by atoms with Gasteiger partial charge in [0.25, 0.3) is 0 Å². The Kier molecular flexibility index (Phi) is 5.31. The van der Waals surface area contributed by atoms with E-state index in [1.54, 1.807) is 14.2 Å². The lowest BCUT2D eigenvalue weighted by Crippen LogP contribution is -1.91. The van der Waals surface area contributed by atoms with E-state index < -0.39 is 0 Å². The van der Waals surface area contributed by atoms with Gasteiger partial charge in [0, 0.05) is 0 Å². The lowest BCUT2D eigenvalue weighted by Gasteiger charge is -2.09. The first-order chi connectivity index (χ1) is 10.1. The van der Waals surface area contributed by atoms with E-state index in [1.165, 1.54) is 0 Å². The van der Waals surface area contributed by atoms with Gasteiger partial charge in [-0.2, -0.15) is 0 Å². The Labute approximate surface area is 140 Å². The Morgan fingerprint density at radius 3 is 1.95 bits per heavy atom. The van der Waals surface area contributed by atoms with Crippen LogP contribution >= 0.6 is 31.9 Å². The molecule has 0 atom stereocenters. The summed E-state index contributed by atoms with van der Waals surface area (Å²) in [6, 6.07) is 9.30. The highest BCUT2D eigenvalue weighted by Gasteiger charge is 2.07. The number of methoxy groups -OCH3 is 2. The second kappa shape index (κ2) is 7.00. The third kappa shape index (κ3) is 3.60. The van der Waals surface area contributed by atoms with Gasteiger partial charge in [-0.15, -0.1) is 0 Å². The summed E-state index contributed by atoms with van der Waals surface area (Å²) in [5.41, 5.74) is 1.79. The molecule has 2 aromatic rings. The van der Waals surface area contributed by atoms with E-state index in [1.807, 2.05) is 42.5 Å². The summed E-state index contributed by atoms with van der Waals surface area (Å²) in [4.78, 5) is 0. The van der Waals surface area contributed by atoms with Gasteiger partial charge < -0.3 is 14.6 Å². The Balaban J connectivity index is 2.42. The number of benzene rings is 2. The zero-order chi connectivity index (χ0) is 15.4. The van der Waals surface area contributed by atoms with Crippen LogP contribution in [-0.2, 0) is 0 Å². The predicted molar refractivity (Wildman–Crippen MR) is 92.0 cm³/mol. The molecular formula is C16H14Br2O3. The first-order valence-electron chi connectivity index (χ1n) is 6.14. The fourth-order valence-electron chi connectivity index (χ4n) is 1.91. The molecule has 0 radical (unpaired) electrons. The Morgan fingerprint density at radius 1 is 0.952 bits per heavy atom. The topological polar surface area (TPSA) is 38.7 Å². The fraction of sp³-hybridized carbons (Fsp3) is 0.125. The van der Waals surface area contributed by atoms with Gasteiger partial charge in [0.2, 0.25) is 0 Å². The molecule has 21 heavy (non-hydrogen) atoms. The van der Waals surface area contributed by atoms with Crippen LogP contribution in [0, 0.1) is 0 Å². The van der Waals surface area contributed by atoms with E-state index in [0.717, 1.165) is 22.6 Å². The summed E-state index contributed by atoms with van der Waals surface area (Å²) in [7, 11) is 3.25. The molecule has 0 heterocycles. The van der Waals surface area contributed by atoms with E-state index in [9.17, 15) is 5.11 Å². The van der Waals surface area contributed by atoms with Gasteiger partial charge in [-0.25, -0.2) is 0 Å². The summed E-state index contributed by atoms with van der Waals surface area (Å²) < 4.78 is 12.0. The molecule has 0 aromatic heterocycles. The van der Waals surface area contributed by atoms with Crippen LogP contribution in [0.2, 0.25) is 0 Å². The van der Waals surface area contributed by atoms with Crippen LogP contribution in [0.1, 0.15) is 11.1 Å². The summed E-state index contributed by atoms with van der Waals surface area (Å²) in [6.45, 7) is 0. The molecule has 2 aromatic carbocycles. The van der Waals surface area contributed by atoms with Crippen molar-refractivity contribution < 1.29 is 14.6 Å². The molecule has 2 rings (SSSR count). The number of halogens is 2. The fourth-order valence-corrected chi connectivity index (χ4v) is 3.13. The molecule has 5 heteroatoms. The Bertz CT molecular complexity index is 636. The number of ether oxygens (including phenoxy) is 2. The maximum absolute atomic E-state index is 9.72. The van der Waals surface area contributed by atoms with Crippen molar-refractivity contribution in [2.45, 2.75) is 0 Å². The van der Waals surface area contributed by atoms with E-state index in [4.69, 9.17) is 9.47 Å². The molecule has 0 saturated heterocycles. The zero-order valence-corrected chi connectivity index (χ0v) is 14.7. The second-order valence-electron chi connectivity index (χ2n) is 4.24. The maximum Gasteiger partial charge on any atom is 0.143 e. The number of hydrogen-bond donors (Lipinski definition) is 1. The Hall–Kier alpha value is -1.46. The van der Waals surface area contributed by atoms with Crippen LogP contribution in [0.3, 0.4) is 0 Å². The van der Waals surface area contributed by atoms with Gasteiger partial charge in [-0.1, -0.05) is 12.1 Å². The van der Waals surface area contributed by atoms with E-state index in [0.29, 0.717) is 8.95 Å². The van der Waals surface area contributed by atoms with Crippen molar-refractivity contribution in [1.82, 2.24) is 0 Å². The van der Waals surface area contributed by atoms with Crippen LogP contribution in [-0.4, -0.2) is 19.3 Å². The average molecular weight is 414 g/mol. The summed E-state index contributed by atoms with van der Waals surface area (Å²) in [5.74, 6) is 1.66. The minimum atomic E-state index is 0.182. The first kappa shape index (κ1) is 15.9. The van der Waals surface area contributed by atoms with Crippen LogP contribution in [0.15, 0.2) is 39.3 Å². The molecule has 0 unspecified atom stereocenters. The standard InChI is InChI=1S/C16H14Br2O3/c1-20-14-4-3-5-15(21-2)11(14)7-6-10-8-12(17)16(19)13(18)9-10/h3-9,19H,1-2H3/b7-6+. The van der Waals surface area contributed by atoms with E-state index in [2.05, 4.69) is 31.9 Å². The van der Waals surface area contributed by atoms with Crippen molar-refractivity contribution >= 4 is 44.0 Å². The Morgan fingerprint density at radius 2 is 1.48 bits per heavy atom. The van der Waals surface area contributed by atoms with Gasteiger partial charge in [-0.3, -0.25) is 0 Å². The van der Waals surface area contributed by atoms with Crippen LogP contribution in [0.25, 0.3) is 12.2 Å². The molecule has 0 bridgehead atoms. The van der Waals surface area contributed by atoms with Gasteiger partial charge in [0.05, 0.1) is 28.7 Å². The van der Waals surface area contributed by atoms with E-state index in [-0.39, 0.29) is 5.75 Å². The van der Waals surface area contributed by atoms with Crippen molar-refractivity contribution in [3.63, 3.8) is 0 Å². The molecule has 0 aliphatic rings. The molecule has 1 N–H and O–H groups in total. The quantitative estimate of drug-likeness (QED) is 0.708. The van der Waals surface area contributed by atoms with Gasteiger partial charge in [0.15, 0.2) is 0 Å². The molecule has 110 valence electrons. The number of aromatic hydroxyl groups is 1. The maximum atomic E-state index is 9.72. The van der Waals surface area contributed by atoms with Crippen LogP contribution in [0.5, 0.6) is 17.2 Å². The number of phenols is 1. The summed E-state index contributed by atoms with van der Waals surface area (Å²) in [6.07, 6.45) is 3.85. The lowest BCUT2D eigenvalue weighted by atomic mass is 10.1.